The smallest absolute Gasteiger partial charge is 0.235 e. The first kappa shape index (κ1) is 23.6. The molecular weight excluding hydrogens is 478 g/mol. The molecule has 1 aliphatic carbocycles. The molecule has 33 heavy (non-hydrogen) atoms. The Bertz CT molecular complexity index is 1180. The largest absolute Gasteiger partial charge is 0.486 e. The first-order valence-electron chi connectivity index (χ1n) is 10.8. The molecule has 0 radical (unpaired) electrons. The van der Waals surface area contributed by atoms with E-state index >= 15 is 0 Å². The predicted octanol–water partition coefficient (Wildman–Crippen LogP) is 5.32. The summed E-state index contributed by atoms with van der Waals surface area (Å²) in [6.45, 7) is 5.14. The van der Waals surface area contributed by atoms with E-state index in [2.05, 4.69) is 28.5 Å². The first-order chi connectivity index (χ1) is 16.0. The number of nitrogens with zero attached hydrogens (tertiary/aromatic N) is 4. The molecule has 1 unspecified atom stereocenters. The van der Waals surface area contributed by atoms with E-state index in [1.54, 1.807) is 24.3 Å². The van der Waals surface area contributed by atoms with E-state index in [0.717, 1.165) is 24.8 Å². The van der Waals surface area contributed by atoms with Gasteiger partial charge < -0.3 is 14.6 Å². The van der Waals surface area contributed by atoms with Crippen LogP contribution in [-0.4, -0.2) is 26.4 Å². The lowest BCUT2D eigenvalue weighted by Crippen LogP contribution is -2.15. The molecular formula is C23H24ClN5O2S2. The van der Waals surface area contributed by atoms with Gasteiger partial charge in [-0.25, -0.2) is 0 Å². The summed E-state index contributed by atoms with van der Waals surface area (Å²) < 4.78 is 7.71. The number of amides is 1. The minimum absolute atomic E-state index is 0.159. The van der Waals surface area contributed by atoms with E-state index in [9.17, 15) is 10.1 Å². The minimum atomic E-state index is -0.159. The van der Waals surface area contributed by atoms with Crippen molar-refractivity contribution in [3.63, 3.8) is 0 Å². The zero-order valence-corrected chi connectivity index (χ0v) is 20.8. The third kappa shape index (κ3) is 5.52. The number of nitriles is 1. The molecule has 0 spiro atoms. The SMILES string of the molecule is CCn1c(COc2ccc(Cl)cc2)nnc1SCC(=O)Nc1sc2c(c1C#N)CCC(C)C2. The number of nitrogens with one attached hydrogen (secondary N) is 1. The Kier molecular flexibility index (Phi) is 7.58. The van der Waals surface area contributed by atoms with Gasteiger partial charge in [0.05, 0.1) is 11.3 Å². The quantitative estimate of drug-likeness (QED) is 0.420. The second-order valence-corrected chi connectivity index (χ2v) is 10.4. The molecule has 2 heterocycles. The van der Waals surface area contributed by atoms with E-state index in [4.69, 9.17) is 16.3 Å². The summed E-state index contributed by atoms with van der Waals surface area (Å²) in [5, 5.41) is 23.0. The van der Waals surface area contributed by atoms with Gasteiger partial charge in [-0.05, 0) is 61.9 Å². The van der Waals surface area contributed by atoms with Crippen LogP contribution in [0, 0.1) is 17.2 Å². The number of hydrogen-bond donors (Lipinski definition) is 1. The monoisotopic (exact) mass is 501 g/mol. The third-order valence-electron chi connectivity index (χ3n) is 5.50. The van der Waals surface area contributed by atoms with Crippen LogP contribution in [0.15, 0.2) is 29.4 Å². The van der Waals surface area contributed by atoms with Gasteiger partial charge in [0.25, 0.3) is 0 Å². The zero-order valence-electron chi connectivity index (χ0n) is 18.4. The van der Waals surface area contributed by atoms with E-state index in [0.29, 0.717) is 44.8 Å². The predicted molar refractivity (Wildman–Crippen MR) is 131 cm³/mol. The number of thiophene rings is 1. The summed E-state index contributed by atoms with van der Waals surface area (Å²) in [5.74, 6) is 2.01. The van der Waals surface area contributed by atoms with Crippen molar-refractivity contribution in [2.75, 3.05) is 11.1 Å². The number of benzene rings is 1. The minimum Gasteiger partial charge on any atom is -0.486 e. The van der Waals surface area contributed by atoms with Gasteiger partial charge in [-0.3, -0.25) is 4.79 Å². The lowest BCUT2D eigenvalue weighted by molar-refractivity contribution is -0.113. The fourth-order valence-electron chi connectivity index (χ4n) is 3.78. The number of aromatic nitrogens is 3. The molecule has 2 aromatic heterocycles. The molecule has 0 bridgehead atoms. The van der Waals surface area contributed by atoms with Crippen LogP contribution in [-0.2, 0) is 30.8 Å². The van der Waals surface area contributed by atoms with Gasteiger partial charge in [0, 0.05) is 16.4 Å². The molecule has 3 aromatic rings. The summed E-state index contributed by atoms with van der Waals surface area (Å²) in [7, 11) is 0. The van der Waals surface area contributed by atoms with Gasteiger partial charge in [0.15, 0.2) is 11.0 Å². The topological polar surface area (TPSA) is 92.8 Å². The second-order valence-electron chi connectivity index (χ2n) is 7.89. The van der Waals surface area contributed by atoms with Gasteiger partial charge in [-0.15, -0.1) is 21.5 Å². The zero-order chi connectivity index (χ0) is 23.4. The average Bonchev–Trinajstić information content (AvgIpc) is 3.36. The lowest BCUT2D eigenvalue weighted by atomic mass is 9.89. The van der Waals surface area contributed by atoms with E-state index in [1.165, 1.54) is 28.0 Å². The summed E-state index contributed by atoms with van der Waals surface area (Å²) in [5.41, 5.74) is 1.73. The maximum atomic E-state index is 12.6. The number of ether oxygens (including phenoxy) is 1. The molecule has 1 N–H and O–H groups in total. The van der Waals surface area contributed by atoms with E-state index in [-0.39, 0.29) is 18.3 Å². The Balaban J connectivity index is 1.37. The molecule has 4 rings (SSSR count). The van der Waals surface area contributed by atoms with Crippen LogP contribution < -0.4 is 10.1 Å². The van der Waals surface area contributed by atoms with Crippen LogP contribution in [0.5, 0.6) is 5.75 Å². The van der Waals surface area contributed by atoms with Crippen molar-refractivity contribution in [2.45, 2.75) is 51.4 Å². The number of carbonyl (C=O) groups excluding carboxylic acids is 1. The number of fused-ring (bicyclic) bond motifs is 1. The Labute approximate surface area is 206 Å². The third-order valence-corrected chi connectivity index (χ3v) is 7.89. The summed E-state index contributed by atoms with van der Waals surface area (Å²) in [4.78, 5) is 13.9. The second kappa shape index (κ2) is 10.6. The van der Waals surface area contributed by atoms with E-state index < -0.39 is 0 Å². The summed E-state index contributed by atoms with van der Waals surface area (Å²) in [6.07, 6.45) is 2.96. The number of carbonyl (C=O) groups is 1. The van der Waals surface area contributed by atoms with E-state index in [1.807, 2.05) is 11.5 Å². The van der Waals surface area contributed by atoms with Crippen molar-refractivity contribution in [3.05, 3.63) is 51.1 Å². The number of hydrogen-bond acceptors (Lipinski definition) is 7. The van der Waals surface area contributed by atoms with Gasteiger partial charge >= 0.3 is 0 Å². The highest BCUT2D eigenvalue weighted by atomic mass is 35.5. The highest BCUT2D eigenvalue weighted by molar-refractivity contribution is 7.99. The first-order valence-corrected chi connectivity index (χ1v) is 12.9. The van der Waals surface area contributed by atoms with Crippen molar-refractivity contribution in [1.82, 2.24) is 14.8 Å². The average molecular weight is 502 g/mol. The molecule has 0 aliphatic heterocycles. The molecule has 1 atom stereocenters. The number of anilines is 1. The maximum Gasteiger partial charge on any atom is 0.235 e. The molecule has 0 saturated heterocycles. The summed E-state index contributed by atoms with van der Waals surface area (Å²) >= 11 is 8.76. The number of thioether (sulfide) groups is 1. The van der Waals surface area contributed by atoms with Crippen LogP contribution in [0.25, 0.3) is 0 Å². The molecule has 7 nitrogen and oxygen atoms in total. The molecule has 0 fully saturated rings. The van der Waals surface area contributed by atoms with Crippen LogP contribution in [0.3, 0.4) is 0 Å². The molecule has 172 valence electrons. The van der Waals surface area contributed by atoms with Gasteiger partial charge in [0.2, 0.25) is 5.91 Å². The van der Waals surface area contributed by atoms with Crippen molar-refractivity contribution >= 4 is 45.6 Å². The molecule has 1 aliphatic rings. The fraction of sp³-hybridized carbons (Fsp3) is 0.391. The van der Waals surface area contributed by atoms with Crippen molar-refractivity contribution in [2.24, 2.45) is 5.92 Å². The molecule has 10 heteroatoms. The standard InChI is InChI=1S/C23H24ClN5O2S2/c1-3-29-20(12-31-16-7-5-15(24)6-8-16)27-28-23(29)32-13-21(30)26-22-18(11-25)17-9-4-14(2)10-19(17)33-22/h5-8,14H,3-4,9-10,12-13H2,1-2H3,(H,26,30). The number of halogens is 1. The van der Waals surface area contributed by atoms with Crippen molar-refractivity contribution in [3.8, 4) is 11.8 Å². The van der Waals surface area contributed by atoms with Crippen LogP contribution in [0.1, 0.15) is 42.1 Å². The van der Waals surface area contributed by atoms with Crippen LogP contribution >= 0.6 is 34.7 Å². The van der Waals surface area contributed by atoms with Crippen molar-refractivity contribution in [1.29, 1.82) is 5.26 Å². The molecule has 1 amide bonds. The van der Waals surface area contributed by atoms with Gasteiger partial charge in [-0.2, -0.15) is 5.26 Å². The highest BCUT2D eigenvalue weighted by Crippen LogP contribution is 2.39. The lowest BCUT2D eigenvalue weighted by Gasteiger charge is -2.17. The molecule has 1 aromatic carbocycles. The Morgan fingerprint density at radius 2 is 2.18 bits per heavy atom. The van der Waals surface area contributed by atoms with Crippen LogP contribution in [0.2, 0.25) is 5.02 Å². The maximum absolute atomic E-state index is 12.6. The van der Waals surface area contributed by atoms with Gasteiger partial charge in [0.1, 0.15) is 23.4 Å². The number of rotatable bonds is 8. The highest BCUT2D eigenvalue weighted by Gasteiger charge is 2.25. The summed E-state index contributed by atoms with van der Waals surface area (Å²) in [6, 6.07) is 9.42. The Hall–Kier alpha value is -2.54. The van der Waals surface area contributed by atoms with Gasteiger partial charge in [-0.1, -0.05) is 30.3 Å². The Morgan fingerprint density at radius 3 is 2.91 bits per heavy atom. The Morgan fingerprint density at radius 1 is 1.39 bits per heavy atom. The normalized spacial score (nSPS) is 15.0. The van der Waals surface area contributed by atoms with Crippen molar-refractivity contribution < 1.29 is 9.53 Å². The van der Waals surface area contributed by atoms with Crippen LogP contribution in [0.4, 0.5) is 5.00 Å². The fourth-order valence-corrected chi connectivity index (χ4v) is 6.10. The molecule has 0 saturated carbocycles.